The van der Waals surface area contributed by atoms with Crippen molar-refractivity contribution in [3.63, 3.8) is 0 Å². The first-order valence-electron chi connectivity index (χ1n) is 7.47. The molecule has 0 N–H and O–H groups in total. The van der Waals surface area contributed by atoms with Crippen molar-refractivity contribution < 1.29 is 22.7 Å². The highest BCUT2D eigenvalue weighted by atomic mass is 32.2. The van der Waals surface area contributed by atoms with E-state index >= 15 is 0 Å². The maximum absolute atomic E-state index is 11.9. The van der Waals surface area contributed by atoms with Gasteiger partial charge in [-0.3, -0.25) is 0 Å². The summed E-state index contributed by atoms with van der Waals surface area (Å²) < 4.78 is 33.1. The van der Waals surface area contributed by atoms with Crippen LogP contribution in [0.5, 0.6) is 5.75 Å². The number of carbonyl (C=O) groups excluding carboxylic acids is 1. The van der Waals surface area contributed by atoms with Crippen LogP contribution in [0.1, 0.15) is 21.5 Å². The van der Waals surface area contributed by atoms with Crippen LogP contribution in [0.3, 0.4) is 0 Å². The zero-order valence-corrected chi connectivity index (χ0v) is 14.5. The predicted octanol–water partition coefficient (Wildman–Crippen LogP) is 2.78. The van der Waals surface area contributed by atoms with Crippen molar-refractivity contribution >= 4 is 15.8 Å². The quantitative estimate of drug-likeness (QED) is 0.568. The van der Waals surface area contributed by atoms with Gasteiger partial charge in [-0.05, 0) is 36.8 Å². The topological polar surface area (TPSA) is 69.7 Å². The van der Waals surface area contributed by atoms with Crippen molar-refractivity contribution in [1.29, 1.82) is 0 Å². The van der Waals surface area contributed by atoms with E-state index in [2.05, 4.69) is 0 Å². The van der Waals surface area contributed by atoms with Gasteiger partial charge >= 0.3 is 5.97 Å². The average molecular weight is 348 g/mol. The second-order valence-corrected chi connectivity index (χ2v) is 7.70. The lowest BCUT2D eigenvalue weighted by atomic mass is 10.1. The molecule has 0 saturated heterocycles. The van der Waals surface area contributed by atoms with E-state index in [9.17, 15) is 13.2 Å². The summed E-state index contributed by atoms with van der Waals surface area (Å²) in [6, 6.07) is 13.9. The summed E-state index contributed by atoms with van der Waals surface area (Å²) in [5.41, 5.74) is 2.16. The van der Waals surface area contributed by atoms with Crippen LogP contribution in [0.15, 0.2) is 48.5 Å². The molecule has 128 valence electrons. The van der Waals surface area contributed by atoms with E-state index in [0.29, 0.717) is 11.1 Å². The van der Waals surface area contributed by atoms with Crippen LogP contribution in [0, 0.1) is 6.92 Å². The van der Waals surface area contributed by atoms with Gasteiger partial charge < -0.3 is 9.47 Å². The number of esters is 1. The van der Waals surface area contributed by atoms with Gasteiger partial charge in [0.05, 0.1) is 11.3 Å². The van der Waals surface area contributed by atoms with Crippen molar-refractivity contribution in [1.82, 2.24) is 0 Å². The van der Waals surface area contributed by atoms with E-state index in [1.807, 2.05) is 31.2 Å². The Morgan fingerprint density at radius 3 is 2.17 bits per heavy atom. The highest BCUT2D eigenvalue weighted by Crippen LogP contribution is 2.12. The van der Waals surface area contributed by atoms with Gasteiger partial charge in [-0.25, -0.2) is 13.2 Å². The van der Waals surface area contributed by atoms with E-state index in [1.54, 1.807) is 24.3 Å². The fourth-order valence-electron chi connectivity index (χ4n) is 2.05. The van der Waals surface area contributed by atoms with E-state index in [-0.39, 0.29) is 19.0 Å². The summed E-state index contributed by atoms with van der Waals surface area (Å²) in [5, 5.41) is 0. The molecule has 0 amide bonds. The van der Waals surface area contributed by atoms with Gasteiger partial charge in [0.15, 0.2) is 9.84 Å². The molecule has 6 heteroatoms. The van der Waals surface area contributed by atoms with Gasteiger partial charge in [0.1, 0.15) is 19.0 Å². The molecule has 0 aliphatic heterocycles. The molecule has 0 unspecified atom stereocenters. The Morgan fingerprint density at radius 2 is 1.58 bits per heavy atom. The largest absolute Gasteiger partial charge is 0.490 e. The molecular weight excluding hydrogens is 328 g/mol. The number of sulfone groups is 1. The van der Waals surface area contributed by atoms with Gasteiger partial charge in [-0.2, -0.15) is 0 Å². The minimum Gasteiger partial charge on any atom is -0.490 e. The van der Waals surface area contributed by atoms with Crippen LogP contribution in [0.4, 0.5) is 0 Å². The monoisotopic (exact) mass is 348 g/mol. The molecule has 0 aliphatic carbocycles. The number of hydrogen-bond acceptors (Lipinski definition) is 5. The van der Waals surface area contributed by atoms with Gasteiger partial charge in [-0.15, -0.1) is 0 Å². The predicted molar refractivity (Wildman–Crippen MR) is 91.9 cm³/mol. The summed E-state index contributed by atoms with van der Waals surface area (Å²) in [4.78, 5) is 11.9. The van der Waals surface area contributed by atoms with E-state index < -0.39 is 15.8 Å². The smallest absolute Gasteiger partial charge is 0.338 e. The first-order chi connectivity index (χ1) is 11.3. The summed E-state index contributed by atoms with van der Waals surface area (Å²) in [7, 11) is -3.09. The highest BCUT2D eigenvalue weighted by Gasteiger charge is 2.09. The molecule has 0 saturated carbocycles. The maximum Gasteiger partial charge on any atom is 0.338 e. The normalized spacial score (nSPS) is 11.1. The molecule has 0 atom stereocenters. The minimum absolute atomic E-state index is 0.0489. The molecule has 0 aliphatic rings. The molecule has 5 nitrogen and oxygen atoms in total. The molecule has 2 rings (SSSR count). The number of aryl methyl sites for hydroxylation is 1. The highest BCUT2D eigenvalue weighted by molar-refractivity contribution is 7.89. The van der Waals surface area contributed by atoms with Crippen molar-refractivity contribution in [2.24, 2.45) is 0 Å². The van der Waals surface area contributed by atoms with Gasteiger partial charge in [0.2, 0.25) is 0 Å². The van der Waals surface area contributed by atoms with Crippen molar-refractivity contribution in [2.45, 2.75) is 12.7 Å². The number of ether oxygens (including phenoxy) is 2. The molecule has 24 heavy (non-hydrogen) atoms. The van der Waals surface area contributed by atoms with Gasteiger partial charge in [0, 0.05) is 6.26 Å². The fraction of sp³-hybridized carbons (Fsp3) is 0.278. The van der Waals surface area contributed by atoms with E-state index in [1.165, 1.54) is 6.26 Å². The first kappa shape index (κ1) is 18.0. The summed E-state index contributed by atoms with van der Waals surface area (Å²) >= 11 is 0. The summed E-state index contributed by atoms with van der Waals surface area (Å²) in [5.74, 6) is 0.211. The maximum atomic E-state index is 11.9. The Hall–Kier alpha value is -2.34. The summed E-state index contributed by atoms with van der Waals surface area (Å²) in [6.45, 7) is 2.39. The molecule has 0 bridgehead atoms. The lowest BCUT2D eigenvalue weighted by molar-refractivity contribution is 0.0450. The van der Waals surface area contributed by atoms with Crippen LogP contribution >= 0.6 is 0 Å². The lowest BCUT2D eigenvalue weighted by Crippen LogP contribution is -2.12. The third-order valence-corrected chi connectivity index (χ3v) is 4.08. The Morgan fingerprint density at radius 1 is 0.958 bits per heavy atom. The molecule has 2 aromatic rings. The number of hydrogen-bond donors (Lipinski definition) is 0. The average Bonchev–Trinajstić information content (AvgIpc) is 2.52. The van der Waals surface area contributed by atoms with Crippen LogP contribution in [-0.4, -0.2) is 33.9 Å². The van der Waals surface area contributed by atoms with Crippen LogP contribution < -0.4 is 4.74 Å². The number of carbonyl (C=O) groups is 1. The van der Waals surface area contributed by atoms with Crippen LogP contribution in [0.25, 0.3) is 0 Å². The molecule has 0 aromatic heterocycles. The minimum atomic E-state index is -3.09. The second-order valence-electron chi connectivity index (χ2n) is 5.56. The Balaban J connectivity index is 1.79. The Labute approximate surface area is 142 Å². The van der Waals surface area contributed by atoms with Crippen LogP contribution in [0.2, 0.25) is 0 Å². The third-order valence-electron chi connectivity index (χ3n) is 3.22. The third kappa shape index (κ3) is 6.04. The standard InChI is InChI=1S/C18H20O5S/c1-14-3-9-17(10-4-14)22-11-12-23-18(19)16-7-5-15(6-8-16)13-24(2,20)21/h3-10H,11-13H2,1-2H3. The van der Waals surface area contributed by atoms with Crippen molar-refractivity contribution in [3.05, 3.63) is 65.2 Å². The fourth-order valence-corrected chi connectivity index (χ4v) is 2.85. The van der Waals surface area contributed by atoms with Gasteiger partial charge in [0.25, 0.3) is 0 Å². The zero-order chi connectivity index (χ0) is 17.6. The second kappa shape index (κ2) is 7.97. The molecule has 0 fully saturated rings. The molecule has 0 radical (unpaired) electrons. The molecular formula is C18H20O5S. The van der Waals surface area contributed by atoms with E-state index in [0.717, 1.165) is 11.3 Å². The number of benzene rings is 2. The first-order valence-corrected chi connectivity index (χ1v) is 9.53. The Bertz CT molecular complexity index is 777. The summed E-state index contributed by atoms with van der Waals surface area (Å²) in [6.07, 6.45) is 1.17. The van der Waals surface area contributed by atoms with E-state index in [4.69, 9.17) is 9.47 Å². The molecule has 0 heterocycles. The van der Waals surface area contributed by atoms with Crippen molar-refractivity contribution in [3.8, 4) is 5.75 Å². The zero-order valence-electron chi connectivity index (χ0n) is 13.7. The lowest BCUT2D eigenvalue weighted by Gasteiger charge is -2.08. The number of rotatable bonds is 7. The van der Waals surface area contributed by atoms with Crippen molar-refractivity contribution in [2.75, 3.05) is 19.5 Å². The molecule has 0 spiro atoms. The van der Waals surface area contributed by atoms with Gasteiger partial charge in [-0.1, -0.05) is 29.8 Å². The van der Waals surface area contributed by atoms with Crippen LogP contribution in [-0.2, 0) is 20.3 Å². The SMILES string of the molecule is Cc1ccc(OCCOC(=O)c2ccc(CS(C)(=O)=O)cc2)cc1. The Kier molecular flexibility index (Phi) is 5.98. The molecule has 2 aromatic carbocycles.